The summed E-state index contributed by atoms with van der Waals surface area (Å²) in [5, 5.41) is 12.8. The number of ether oxygens (including phenoxy) is 1. The highest BCUT2D eigenvalue weighted by Gasteiger charge is 2.35. The van der Waals surface area contributed by atoms with Crippen LogP contribution in [0.4, 0.5) is 5.69 Å². The minimum absolute atomic E-state index is 0.421. The van der Waals surface area contributed by atoms with Crippen LogP contribution in [0.5, 0.6) is 0 Å². The second-order valence-corrected chi connectivity index (χ2v) is 7.10. The van der Waals surface area contributed by atoms with Crippen molar-refractivity contribution in [2.45, 2.75) is 26.8 Å². The zero-order valence-electron chi connectivity index (χ0n) is 16.2. The van der Waals surface area contributed by atoms with Gasteiger partial charge in [0.1, 0.15) is 0 Å². The highest BCUT2D eigenvalue weighted by atomic mass is 32.1. The first kappa shape index (κ1) is 19.6. The fourth-order valence-corrected chi connectivity index (χ4v) is 3.65. The number of benzene rings is 2. The van der Waals surface area contributed by atoms with Crippen LogP contribution in [0, 0.1) is 25.2 Å². The second-order valence-electron chi connectivity index (χ2n) is 6.71. The molecule has 0 unspecified atom stereocenters. The number of nitrogens with zero attached hydrogens (tertiary/aromatic N) is 2. The van der Waals surface area contributed by atoms with E-state index in [-0.39, 0.29) is 0 Å². The van der Waals surface area contributed by atoms with Crippen LogP contribution < -0.4 is 10.2 Å². The van der Waals surface area contributed by atoms with Gasteiger partial charge < -0.3 is 10.1 Å². The topological polar surface area (TPSA) is 65.4 Å². The molecule has 0 aliphatic carbocycles. The van der Waals surface area contributed by atoms with E-state index in [2.05, 4.69) is 18.3 Å². The molecule has 0 amide bonds. The maximum Gasteiger partial charge on any atom is 0.337 e. The van der Waals surface area contributed by atoms with Crippen molar-refractivity contribution < 1.29 is 9.53 Å². The molecule has 28 heavy (non-hydrogen) atoms. The molecule has 142 valence electrons. The van der Waals surface area contributed by atoms with E-state index in [9.17, 15) is 4.79 Å². The van der Waals surface area contributed by atoms with Gasteiger partial charge in [-0.25, -0.2) is 4.79 Å². The lowest BCUT2D eigenvalue weighted by Crippen LogP contribution is -2.48. The van der Waals surface area contributed by atoms with Crippen molar-refractivity contribution in [3.8, 4) is 6.07 Å². The summed E-state index contributed by atoms with van der Waals surface area (Å²) in [6.45, 7) is 5.96. The van der Waals surface area contributed by atoms with E-state index in [1.54, 1.807) is 12.1 Å². The monoisotopic (exact) mass is 391 g/mol. The molecule has 0 saturated heterocycles. The van der Waals surface area contributed by atoms with Crippen molar-refractivity contribution in [3.63, 3.8) is 0 Å². The maximum absolute atomic E-state index is 12.6. The van der Waals surface area contributed by atoms with Crippen LogP contribution in [0.2, 0.25) is 0 Å². The lowest BCUT2D eigenvalue weighted by Gasteiger charge is -2.37. The van der Waals surface area contributed by atoms with E-state index >= 15 is 0 Å². The van der Waals surface area contributed by atoms with Gasteiger partial charge in [0.05, 0.1) is 30.4 Å². The van der Waals surface area contributed by atoms with Gasteiger partial charge in [-0.2, -0.15) is 5.26 Å². The number of carbonyl (C=O) groups excluding carboxylic acids is 1. The Morgan fingerprint density at radius 1 is 1.14 bits per heavy atom. The predicted molar refractivity (Wildman–Crippen MR) is 113 cm³/mol. The summed E-state index contributed by atoms with van der Waals surface area (Å²) in [6, 6.07) is 14.8. The van der Waals surface area contributed by atoms with Gasteiger partial charge in [-0.1, -0.05) is 18.2 Å². The molecule has 0 aromatic heterocycles. The highest BCUT2D eigenvalue weighted by Crippen LogP contribution is 2.34. The Labute approximate surface area is 170 Å². The number of anilines is 1. The Balaban J connectivity index is 2.13. The van der Waals surface area contributed by atoms with Crippen molar-refractivity contribution in [2.24, 2.45) is 0 Å². The van der Waals surface area contributed by atoms with E-state index in [0.29, 0.717) is 21.9 Å². The first-order valence-electron chi connectivity index (χ1n) is 8.84. The number of hydrogen-bond acceptors (Lipinski definition) is 4. The van der Waals surface area contributed by atoms with Crippen LogP contribution in [0.15, 0.2) is 53.7 Å². The van der Waals surface area contributed by atoms with Gasteiger partial charge in [-0.15, -0.1) is 0 Å². The number of methoxy groups -OCH3 is 1. The van der Waals surface area contributed by atoms with E-state index < -0.39 is 12.0 Å². The fourth-order valence-electron chi connectivity index (χ4n) is 3.29. The lowest BCUT2D eigenvalue weighted by atomic mass is 9.94. The smallest absolute Gasteiger partial charge is 0.337 e. The van der Waals surface area contributed by atoms with Crippen LogP contribution >= 0.6 is 12.2 Å². The summed E-state index contributed by atoms with van der Waals surface area (Å²) >= 11 is 5.64. The quantitative estimate of drug-likeness (QED) is 0.629. The van der Waals surface area contributed by atoms with E-state index in [0.717, 1.165) is 16.8 Å². The second kappa shape index (κ2) is 7.83. The van der Waals surface area contributed by atoms with Gasteiger partial charge in [-0.05, 0) is 73.9 Å². The normalized spacial score (nSPS) is 16.5. The summed E-state index contributed by atoms with van der Waals surface area (Å²) in [7, 11) is 1.37. The van der Waals surface area contributed by atoms with Crippen LogP contribution in [0.25, 0.3) is 0 Å². The third-order valence-corrected chi connectivity index (χ3v) is 5.31. The third kappa shape index (κ3) is 3.49. The van der Waals surface area contributed by atoms with Gasteiger partial charge >= 0.3 is 5.97 Å². The van der Waals surface area contributed by atoms with Crippen LogP contribution in [0.1, 0.15) is 35.2 Å². The minimum atomic E-state index is -0.449. The zero-order valence-corrected chi connectivity index (χ0v) is 17.1. The van der Waals surface area contributed by atoms with Crippen molar-refractivity contribution in [2.75, 3.05) is 12.0 Å². The van der Waals surface area contributed by atoms with Crippen molar-refractivity contribution in [3.05, 3.63) is 76.0 Å². The van der Waals surface area contributed by atoms with Gasteiger partial charge in [0, 0.05) is 11.4 Å². The average Bonchev–Trinajstić information content (AvgIpc) is 2.69. The van der Waals surface area contributed by atoms with Gasteiger partial charge in [0.25, 0.3) is 0 Å². The summed E-state index contributed by atoms with van der Waals surface area (Å²) in [5.41, 5.74) is 5.80. The summed E-state index contributed by atoms with van der Waals surface area (Å²) in [5.74, 6) is -0.421. The molecule has 1 atom stereocenters. The standard InChI is InChI=1S/C22H21N3O2S/c1-13-5-10-18(11-14(13)2)25-15(3)19(21(26)27-4)20(24-22(25)28)17-8-6-16(12-23)7-9-17/h5-11,20H,1-4H3,(H,24,28)/t20-/m0/s1. The molecule has 1 N–H and O–H groups in total. The predicted octanol–water partition coefficient (Wildman–Crippen LogP) is 4.06. The molecular weight excluding hydrogens is 370 g/mol. The largest absolute Gasteiger partial charge is 0.466 e. The molecule has 6 heteroatoms. The summed E-state index contributed by atoms with van der Waals surface area (Å²) in [6.07, 6.45) is 0. The number of hydrogen-bond donors (Lipinski definition) is 1. The molecule has 5 nitrogen and oxygen atoms in total. The summed E-state index contributed by atoms with van der Waals surface area (Å²) < 4.78 is 5.06. The van der Waals surface area contributed by atoms with Crippen molar-refractivity contribution in [1.29, 1.82) is 5.26 Å². The first-order valence-corrected chi connectivity index (χ1v) is 9.25. The van der Waals surface area contributed by atoms with Gasteiger partial charge in [-0.3, -0.25) is 4.90 Å². The number of nitrogens with one attached hydrogen (secondary N) is 1. The molecule has 0 saturated carbocycles. The first-order chi connectivity index (χ1) is 13.4. The van der Waals surface area contributed by atoms with E-state index in [4.69, 9.17) is 22.2 Å². The molecule has 2 aromatic carbocycles. The van der Waals surface area contributed by atoms with Crippen molar-refractivity contribution >= 4 is 29.0 Å². The van der Waals surface area contributed by atoms with Gasteiger partial charge in [0.15, 0.2) is 5.11 Å². The molecule has 1 heterocycles. The van der Waals surface area contributed by atoms with E-state index in [1.807, 2.05) is 49.1 Å². The Kier molecular flexibility index (Phi) is 5.48. The maximum atomic E-state index is 12.6. The minimum Gasteiger partial charge on any atom is -0.466 e. The SMILES string of the molecule is COC(=O)C1=C(C)N(c2ccc(C)c(C)c2)C(=S)N[C@H]1c1ccc(C#N)cc1. The number of rotatable bonds is 3. The number of nitriles is 1. The van der Waals surface area contributed by atoms with E-state index in [1.165, 1.54) is 12.7 Å². The molecule has 0 radical (unpaired) electrons. The molecule has 0 bridgehead atoms. The number of esters is 1. The van der Waals surface area contributed by atoms with Crippen molar-refractivity contribution in [1.82, 2.24) is 5.32 Å². The molecule has 2 aromatic rings. The van der Waals surface area contributed by atoms with Crippen LogP contribution in [-0.2, 0) is 9.53 Å². The van der Waals surface area contributed by atoms with Crippen LogP contribution in [-0.4, -0.2) is 18.2 Å². The number of carbonyl (C=O) groups is 1. The van der Waals surface area contributed by atoms with Crippen LogP contribution in [0.3, 0.4) is 0 Å². The Bertz CT molecular complexity index is 1020. The third-order valence-electron chi connectivity index (χ3n) is 5.01. The molecule has 3 rings (SSSR count). The number of thiocarbonyl (C=S) groups is 1. The average molecular weight is 391 g/mol. The highest BCUT2D eigenvalue weighted by molar-refractivity contribution is 7.80. The van der Waals surface area contributed by atoms with Gasteiger partial charge in [0.2, 0.25) is 0 Å². The molecule has 0 spiro atoms. The Hall–Kier alpha value is -3.17. The Morgan fingerprint density at radius 2 is 1.82 bits per heavy atom. The molecule has 1 aliphatic rings. The number of aryl methyl sites for hydroxylation is 2. The summed E-state index contributed by atoms with van der Waals surface area (Å²) in [4.78, 5) is 14.5. The molecular formula is C22H21N3O2S. The number of allylic oxidation sites excluding steroid dienone is 1. The lowest BCUT2D eigenvalue weighted by molar-refractivity contribution is -0.136. The fraction of sp³-hybridized carbons (Fsp3) is 0.227. The molecule has 0 fully saturated rings. The zero-order chi connectivity index (χ0) is 20.4. The molecule has 1 aliphatic heterocycles. The Morgan fingerprint density at radius 3 is 2.39 bits per heavy atom.